The molecular weight excluding hydrogens is 278 g/mol. The number of amides is 1. The van der Waals surface area contributed by atoms with Gasteiger partial charge in [0.1, 0.15) is 0 Å². The highest BCUT2D eigenvalue weighted by molar-refractivity contribution is 5.79. The first kappa shape index (κ1) is 15.2. The van der Waals surface area contributed by atoms with Crippen LogP contribution in [0.4, 0.5) is 5.82 Å². The maximum absolute atomic E-state index is 12.7. The minimum absolute atomic E-state index is 0.131. The van der Waals surface area contributed by atoms with Crippen LogP contribution in [-0.4, -0.2) is 53.2 Å². The van der Waals surface area contributed by atoms with Crippen LogP contribution in [0.5, 0.6) is 0 Å². The van der Waals surface area contributed by atoms with Gasteiger partial charge in [-0.1, -0.05) is 6.42 Å². The zero-order valence-electron chi connectivity index (χ0n) is 13.0. The van der Waals surface area contributed by atoms with Gasteiger partial charge in [0.2, 0.25) is 5.91 Å². The standard InChI is InChI=1S/C16H25N5O/c17-14-5-1-4-13(12-14)16(22)21-9-3-8-20(10-11-21)15-6-2-7-18-19-15/h2,6-7,13-14H,1,3-5,8-12,17H2. The summed E-state index contributed by atoms with van der Waals surface area (Å²) in [5.74, 6) is 1.33. The van der Waals surface area contributed by atoms with E-state index in [-0.39, 0.29) is 12.0 Å². The fourth-order valence-electron chi connectivity index (χ4n) is 3.54. The topological polar surface area (TPSA) is 75.4 Å². The van der Waals surface area contributed by atoms with E-state index in [4.69, 9.17) is 5.73 Å². The average Bonchev–Trinajstić information content (AvgIpc) is 2.81. The van der Waals surface area contributed by atoms with Crippen LogP contribution < -0.4 is 10.6 Å². The van der Waals surface area contributed by atoms with Crippen molar-refractivity contribution >= 4 is 11.7 Å². The number of hydrogen-bond acceptors (Lipinski definition) is 5. The Morgan fingerprint density at radius 1 is 1.18 bits per heavy atom. The first-order valence-electron chi connectivity index (χ1n) is 8.31. The van der Waals surface area contributed by atoms with Gasteiger partial charge in [-0.25, -0.2) is 0 Å². The maximum atomic E-state index is 12.7. The van der Waals surface area contributed by atoms with Gasteiger partial charge in [-0.2, -0.15) is 5.10 Å². The SMILES string of the molecule is NC1CCCC(C(=O)N2CCCN(c3cccnn3)CC2)C1. The summed E-state index contributed by atoms with van der Waals surface area (Å²) in [6.45, 7) is 3.35. The van der Waals surface area contributed by atoms with Crippen LogP contribution in [0.15, 0.2) is 18.3 Å². The molecule has 0 radical (unpaired) electrons. The van der Waals surface area contributed by atoms with Gasteiger partial charge in [0.25, 0.3) is 0 Å². The van der Waals surface area contributed by atoms with Crippen LogP contribution in [0.3, 0.4) is 0 Å². The first-order chi connectivity index (χ1) is 10.7. The number of anilines is 1. The molecule has 2 fully saturated rings. The molecular formula is C16H25N5O. The van der Waals surface area contributed by atoms with E-state index in [1.165, 1.54) is 0 Å². The largest absolute Gasteiger partial charge is 0.353 e. The Balaban J connectivity index is 1.59. The fraction of sp³-hybridized carbons (Fsp3) is 0.688. The third kappa shape index (κ3) is 3.55. The minimum Gasteiger partial charge on any atom is -0.353 e. The molecule has 1 aromatic rings. The van der Waals surface area contributed by atoms with Crippen LogP contribution in [-0.2, 0) is 4.79 Å². The lowest BCUT2D eigenvalue weighted by molar-refractivity contribution is -0.136. The third-order valence-corrected chi connectivity index (χ3v) is 4.75. The van der Waals surface area contributed by atoms with Crippen molar-refractivity contribution < 1.29 is 4.79 Å². The Morgan fingerprint density at radius 3 is 2.86 bits per heavy atom. The summed E-state index contributed by atoms with van der Waals surface area (Å²) in [6.07, 6.45) is 6.64. The fourth-order valence-corrected chi connectivity index (χ4v) is 3.54. The van der Waals surface area contributed by atoms with Crippen LogP contribution in [0.1, 0.15) is 32.1 Å². The van der Waals surface area contributed by atoms with Gasteiger partial charge < -0.3 is 15.5 Å². The molecule has 2 unspecified atom stereocenters. The molecule has 0 bridgehead atoms. The van der Waals surface area contributed by atoms with E-state index >= 15 is 0 Å². The first-order valence-corrected chi connectivity index (χ1v) is 8.31. The maximum Gasteiger partial charge on any atom is 0.225 e. The van der Waals surface area contributed by atoms with Gasteiger partial charge in [-0.15, -0.1) is 5.10 Å². The lowest BCUT2D eigenvalue weighted by Crippen LogP contribution is -2.42. The van der Waals surface area contributed by atoms with Crippen molar-refractivity contribution in [2.75, 3.05) is 31.1 Å². The number of rotatable bonds is 2. The number of carbonyl (C=O) groups excluding carboxylic acids is 1. The van der Waals surface area contributed by atoms with E-state index in [9.17, 15) is 4.79 Å². The summed E-state index contributed by atoms with van der Waals surface area (Å²) < 4.78 is 0. The second kappa shape index (κ2) is 7.05. The van der Waals surface area contributed by atoms with Gasteiger partial charge in [-0.3, -0.25) is 4.79 Å². The van der Waals surface area contributed by atoms with Crippen LogP contribution in [0.2, 0.25) is 0 Å². The molecule has 1 aliphatic heterocycles. The second-order valence-corrected chi connectivity index (χ2v) is 6.37. The Hall–Kier alpha value is -1.69. The summed E-state index contributed by atoms with van der Waals surface area (Å²) in [5, 5.41) is 8.11. The van der Waals surface area contributed by atoms with Gasteiger partial charge >= 0.3 is 0 Å². The van der Waals surface area contributed by atoms with Gasteiger partial charge in [0.05, 0.1) is 0 Å². The summed E-state index contributed by atoms with van der Waals surface area (Å²) in [6, 6.07) is 4.08. The smallest absolute Gasteiger partial charge is 0.225 e. The van der Waals surface area contributed by atoms with Crippen LogP contribution in [0, 0.1) is 5.92 Å². The second-order valence-electron chi connectivity index (χ2n) is 6.37. The molecule has 2 atom stereocenters. The average molecular weight is 303 g/mol. The Bertz CT molecular complexity index is 495. The van der Waals surface area contributed by atoms with Crippen LogP contribution >= 0.6 is 0 Å². The van der Waals surface area contributed by atoms with Crippen molar-refractivity contribution in [3.8, 4) is 0 Å². The van der Waals surface area contributed by atoms with Crippen molar-refractivity contribution in [3.63, 3.8) is 0 Å². The van der Waals surface area contributed by atoms with E-state index in [2.05, 4.69) is 15.1 Å². The zero-order valence-corrected chi connectivity index (χ0v) is 13.0. The molecule has 1 aromatic heterocycles. The molecule has 6 heteroatoms. The highest BCUT2D eigenvalue weighted by Gasteiger charge is 2.30. The quantitative estimate of drug-likeness (QED) is 0.883. The van der Waals surface area contributed by atoms with E-state index in [0.717, 1.165) is 64.1 Å². The van der Waals surface area contributed by atoms with E-state index < -0.39 is 0 Å². The number of aromatic nitrogens is 2. The van der Waals surface area contributed by atoms with Gasteiger partial charge in [-0.05, 0) is 37.8 Å². The summed E-state index contributed by atoms with van der Waals surface area (Å²) in [7, 11) is 0. The highest BCUT2D eigenvalue weighted by Crippen LogP contribution is 2.25. The van der Waals surface area contributed by atoms with E-state index in [1.807, 2.05) is 17.0 Å². The minimum atomic E-state index is 0.131. The van der Waals surface area contributed by atoms with Gasteiger partial charge in [0.15, 0.2) is 5.82 Å². The van der Waals surface area contributed by atoms with Crippen molar-refractivity contribution in [1.29, 1.82) is 0 Å². The molecule has 2 aliphatic rings. The van der Waals surface area contributed by atoms with Crippen molar-refractivity contribution in [3.05, 3.63) is 18.3 Å². The van der Waals surface area contributed by atoms with E-state index in [0.29, 0.717) is 5.91 Å². The molecule has 6 nitrogen and oxygen atoms in total. The number of nitrogens with two attached hydrogens (primary N) is 1. The predicted octanol–water partition coefficient (Wildman–Crippen LogP) is 1.03. The third-order valence-electron chi connectivity index (χ3n) is 4.75. The van der Waals surface area contributed by atoms with Crippen LogP contribution in [0.25, 0.3) is 0 Å². The highest BCUT2D eigenvalue weighted by atomic mass is 16.2. The molecule has 0 aromatic carbocycles. The number of nitrogens with zero attached hydrogens (tertiary/aromatic N) is 4. The molecule has 2 heterocycles. The Morgan fingerprint density at radius 2 is 2.09 bits per heavy atom. The molecule has 1 amide bonds. The molecule has 3 rings (SSSR count). The van der Waals surface area contributed by atoms with Gasteiger partial charge in [0, 0.05) is 44.3 Å². The molecule has 2 N–H and O–H groups in total. The van der Waals surface area contributed by atoms with Crippen molar-refractivity contribution in [1.82, 2.24) is 15.1 Å². The molecule has 1 aliphatic carbocycles. The summed E-state index contributed by atoms with van der Waals surface area (Å²) in [4.78, 5) is 17.0. The Kier molecular flexibility index (Phi) is 4.87. The number of hydrogen-bond donors (Lipinski definition) is 1. The summed E-state index contributed by atoms with van der Waals surface area (Å²) >= 11 is 0. The monoisotopic (exact) mass is 303 g/mol. The van der Waals surface area contributed by atoms with E-state index in [1.54, 1.807) is 6.20 Å². The number of carbonyl (C=O) groups is 1. The molecule has 1 saturated heterocycles. The lowest BCUT2D eigenvalue weighted by Gasteiger charge is -2.31. The Labute approximate surface area is 131 Å². The summed E-state index contributed by atoms with van der Waals surface area (Å²) in [5.41, 5.74) is 6.03. The van der Waals surface area contributed by atoms with Crippen molar-refractivity contribution in [2.45, 2.75) is 38.1 Å². The normalized spacial score (nSPS) is 26.6. The molecule has 0 spiro atoms. The molecule has 1 saturated carbocycles. The predicted molar refractivity (Wildman–Crippen MR) is 85.4 cm³/mol. The zero-order chi connectivity index (χ0) is 15.4. The molecule has 22 heavy (non-hydrogen) atoms. The van der Waals surface area contributed by atoms with Crippen molar-refractivity contribution in [2.24, 2.45) is 11.7 Å². The molecule has 120 valence electrons. The lowest BCUT2D eigenvalue weighted by atomic mass is 9.85.